The van der Waals surface area contributed by atoms with E-state index in [2.05, 4.69) is 0 Å². The maximum atomic E-state index is 12.5. The van der Waals surface area contributed by atoms with Gasteiger partial charge in [-0.25, -0.2) is 4.79 Å². The summed E-state index contributed by atoms with van der Waals surface area (Å²) in [5.41, 5.74) is -3.91. The summed E-state index contributed by atoms with van der Waals surface area (Å²) < 4.78 is 37.6. The quantitative estimate of drug-likeness (QED) is 0.594. The summed E-state index contributed by atoms with van der Waals surface area (Å²) in [5, 5.41) is 21.9. The second-order valence-electron chi connectivity index (χ2n) is 4.95. The zero-order valence-electron chi connectivity index (χ0n) is 10.2. The standard InChI is InChI=1S/C10H15F3N2O4/c1-8(19,4-6(16)17)5-14-7(18)15-9(2-3-9)10(11,12)13/h19H,2-5H2,1H3,(H,16,17)(H2,14,15,18). The molecule has 1 aliphatic rings. The molecule has 0 bridgehead atoms. The highest BCUT2D eigenvalue weighted by Gasteiger charge is 2.64. The molecular weight excluding hydrogens is 269 g/mol. The van der Waals surface area contributed by atoms with Crippen molar-refractivity contribution in [2.75, 3.05) is 6.54 Å². The molecule has 0 aromatic carbocycles. The Morgan fingerprint density at radius 3 is 2.21 bits per heavy atom. The van der Waals surface area contributed by atoms with Crippen molar-refractivity contribution in [3.63, 3.8) is 0 Å². The minimum atomic E-state index is -4.52. The van der Waals surface area contributed by atoms with E-state index in [1.165, 1.54) is 0 Å². The predicted octanol–water partition coefficient (Wildman–Crippen LogP) is 0.606. The normalized spacial score (nSPS) is 20.3. The maximum absolute atomic E-state index is 12.5. The van der Waals surface area contributed by atoms with Gasteiger partial charge in [0.15, 0.2) is 0 Å². The van der Waals surface area contributed by atoms with Crippen LogP contribution in [0.2, 0.25) is 0 Å². The summed E-state index contributed by atoms with van der Waals surface area (Å²) >= 11 is 0. The number of carbonyl (C=O) groups is 2. The molecule has 0 radical (unpaired) electrons. The lowest BCUT2D eigenvalue weighted by atomic mass is 10.0. The van der Waals surface area contributed by atoms with Crippen LogP contribution >= 0.6 is 0 Å². The second-order valence-corrected chi connectivity index (χ2v) is 4.95. The van der Waals surface area contributed by atoms with E-state index in [4.69, 9.17) is 5.11 Å². The van der Waals surface area contributed by atoms with E-state index in [-0.39, 0.29) is 12.8 Å². The lowest BCUT2D eigenvalue weighted by Crippen LogP contribution is -2.53. The minimum absolute atomic E-state index is 0.185. The molecule has 1 fully saturated rings. The fraction of sp³-hybridized carbons (Fsp3) is 0.800. The molecule has 4 N–H and O–H groups in total. The largest absolute Gasteiger partial charge is 0.481 e. The van der Waals surface area contributed by atoms with Gasteiger partial charge in [0.05, 0.1) is 12.0 Å². The topological polar surface area (TPSA) is 98.7 Å². The molecule has 1 rings (SSSR count). The lowest BCUT2D eigenvalue weighted by molar-refractivity contribution is -0.162. The number of carboxylic acids is 1. The van der Waals surface area contributed by atoms with Gasteiger partial charge in [0.25, 0.3) is 0 Å². The predicted molar refractivity (Wildman–Crippen MR) is 57.4 cm³/mol. The molecule has 6 nitrogen and oxygen atoms in total. The van der Waals surface area contributed by atoms with Gasteiger partial charge in [-0.05, 0) is 19.8 Å². The Labute approximate surface area is 107 Å². The van der Waals surface area contributed by atoms with E-state index in [0.717, 1.165) is 6.92 Å². The molecule has 19 heavy (non-hydrogen) atoms. The fourth-order valence-electron chi connectivity index (χ4n) is 1.52. The number of carbonyl (C=O) groups excluding carboxylic acids is 1. The number of nitrogens with one attached hydrogen (secondary N) is 2. The van der Waals surface area contributed by atoms with Crippen molar-refractivity contribution in [1.82, 2.24) is 10.6 Å². The zero-order valence-corrected chi connectivity index (χ0v) is 10.2. The summed E-state index contributed by atoms with van der Waals surface area (Å²) in [4.78, 5) is 21.7. The molecule has 110 valence electrons. The highest BCUT2D eigenvalue weighted by atomic mass is 19.4. The number of carboxylic acid groups (broad SMARTS) is 1. The van der Waals surface area contributed by atoms with Crippen molar-refractivity contribution in [2.24, 2.45) is 0 Å². The first-order valence-electron chi connectivity index (χ1n) is 5.54. The van der Waals surface area contributed by atoms with Crippen LogP contribution in [0.25, 0.3) is 0 Å². The maximum Gasteiger partial charge on any atom is 0.411 e. The molecule has 0 spiro atoms. The van der Waals surface area contributed by atoms with Crippen molar-refractivity contribution in [3.8, 4) is 0 Å². The number of aliphatic hydroxyl groups is 1. The molecule has 0 aliphatic heterocycles. The van der Waals surface area contributed by atoms with Crippen LogP contribution in [-0.2, 0) is 4.79 Å². The molecule has 0 saturated heterocycles. The van der Waals surface area contributed by atoms with E-state index >= 15 is 0 Å². The summed E-state index contributed by atoms with van der Waals surface area (Å²) in [5.74, 6) is -1.28. The molecule has 1 atom stereocenters. The van der Waals surface area contributed by atoms with Crippen LogP contribution in [0.15, 0.2) is 0 Å². The lowest BCUT2D eigenvalue weighted by Gasteiger charge is -2.24. The van der Waals surface area contributed by atoms with Crippen molar-refractivity contribution in [3.05, 3.63) is 0 Å². The Bertz CT molecular complexity index is 377. The van der Waals surface area contributed by atoms with Crippen LogP contribution in [-0.4, -0.2) is 46.1 Å². The fourth-order valence-corrected chi connectivity index (χ4v) is 1.52. The first-order chi connectivity index (χ1) is 8.47. The molecule has 1 aliphatic carbocycles. The smallest absolute Gasteiger partial charge is 0.411 e. The highest BCUT2D eigenvalue weighted by Crippen LogP contribution is 2.48. The van der Waals surface area contributed by atoms with E-state index in [9.17, 15) is 27.9 Å². The van der Waals surface area contributed by atoms with Crippen molar-refractivity contribution in [2.45, 2.75) is 43.5 Å². The van der Waals surface area contributed by atoms with Gasteiger partial charge in [0.2, 0.25) is 0 Å². The van der Waals surface area contributed by atoms with Gasteiger partial charge in [0, 0.05) is 6.54 Å². The number of halogens is 3. The Balaban J connectivity index is 2.43. The Kier molecular flexibility index (Phi) is 3.99. The van der Waals surface area contributed by atoms with Gasteiger partial charge >= 0.3 is 18.2 Å². The van der Waals surface area contributed by atoms with Crippen molar-refractivity contribution < 1.29 is 33.0 Å². The van der Waals surface area contributed by atoms with E-state index < -0.39 is 42.3 Å². The molecule has 0 aromatic rings. The Morgan fingerprint density at radius 1 is 1.32 bits per heavy atom. The van der Waals surface area contributed by atoms with Crippen LogP contribution in [0.4, 0.5) is 18.0 Å². The van der Waals surface area contributed by atoms with Crippen LogP contribution < -0.4 is 10.6 Å². The number of rotatable bonds is 5. The number of urea groups is 1. The van der Waals surface area contributed by atoms with Crippen molar-refractivity contribution in [1.29, 1.82) is 0 Å². The molecule has 9 heteroatoms. The molecular formula is C10H15F3N2O4. The third-order valence-electron chi connectivity index (χ3n) is 2.81. The second kappa shape index (κ2) is 4.87. The van der Waals surface area contributed by atoms with Gasteiger partial charge in [-0.2, -0.15) is 13.2 Å². The third kappa shape index (κ3) is 4.27. The van der Waals surface area contributed by atoms with E-state index in [1.807, 2.05) is 5.32 Å². The van der Waals surface area contributed by atoms with Gasteiger partial charge in [-0.1, -0.05) is 0 Å². The number of alkyl halides is 3. The molecule has 1 unspecified atom stereocenters. The first kappa shape index (κ1) is 15.5. The average molecular weight is 284 g/mol. The minimum Gasteiger partial charge on any atom is -0.481 e. The first-order valence-corrected chi connectivity index (χ1v) is 5.54. The molecule has 1 saturated carbocycles. The monoisotopic (exact) mass is 284 g/mol. The van der Waals surface area contributed by atoms with Gasteiger partial charge in [-0.3, -0.25) is 4.79 Å². The summed E-state index contributed by atoms with van der Waals surface area (Å²) in [6.45, 7) is 0.705. The van der Waals surface area contributed by atoms with Gasteiger partial charge in [0.1, 0.15) is 5.54 Å². The summed E-state index contributed by atoms with van der Waals surface area (Å²) in [7, 11) is 0. The van der Waals surface area contributed by atoms with Crippen LogP contribution in [0, 0.1) is 0 Å². The van der Waals surface area contributed by atoms with Gasteiger partial charge < -0.3 is 20.8 Å². The molecule has 2 amide bonds. The van der Waals surface area contributed by atoms with Crippen LogP contribution in [0.3, 0.4) is 0 Å². The van der Waals surface area contributed by atoms with Gasteiger partial charge in [-0.15, -0.1) is 0 Å². The van der Waals surface area contributed by atoms with Crippen LogP contribution in [0.5, 0.6) is 0 Å². The highest BCUT2D eigenvalue weighted by molar-refractivity contribution is 5.76. The molecule has 0 aromatic heterocycles. The summed E-state index contributed by atoms with van der Waals surface area (Å²) in [6, 6.07) is -1.08. The number of hydrogen-bond acceptors (Lipinski definition) is 3. The Hall–Kier alpha value is -1.51. The zero-order chi connectivity index (χ0) is 14.9. The number of aliphatic carboxylic acids is 1. The van der Waals surface area contributed by atoms with Crippen molar-refractivity contribution >= 4 is 12.0 Å². The SMILES string of the molecule is CC(O)(CNC(=O)NC1(C(F)(F)F)CC1)CC(=O)O. The summed E-state index contributed by atoms with van der Waals surface area (Å²) in [6.07, 6.45) is -5.52. The Morgan fingerprint density at radius 2 is 1.84 bits per heavy atom. The van der Waals surface area contributed by atoms with E-state index in [0.29, 0.717) is 0 Å². The average Bonchev–Trinajstić information content (AvgIpc) is 2.93. The number of amides is 2. The third-order valence-corrected chi connectivity index (χ3v) is 2.81. The molecule has 0 heterocycles. The van der Waals surface area contributed by atoms with Crippen LogP contribution in [0.1, 0.15) is 26.2 Å². The van der Waals surface area contributed by atoms with E-state index in [1.54, 1.807) is 5.32 Å². The number of hydrogen-bond donors (Lipinski definition) is 4.